The molecule has 0 aromatic heterocycles. The van der Waals surface area contributed by atoms with E-state index in [9.17, 15) is 4.79 Å². The molecular weight excluding hydrogens is 323 g/mol. The van der Waals surface area contributed by atoms with Gasteiger partial charge in [0.25, 0.3) is 0 Å². The molecule has 2 N–H and O–H groups in total. The van der Waals surface area contributed by atoms with Crippen LogP contribution in [0.2, 0.25) is 0 Å². The van der Waals surface area contributed by atoms with Crippen LogP contribution in [0.15, 0.2) is 0 Å². The van der Waals surface area contributed by atoms with Crippen LogP contribution in [-0.4, -0.2) is 73.6 Å². The Morgan fingerprint density at radius 1 is 1.00 bits per heavy atom. The number of hydrogen-bond acceptors (Lipinski definition) is 4. The Hall–Kier alpha value is -0.0700. The highest BCUT2D eigenvalue weighted by Crippen LogP contribution is 2.29. The summed E-state index contributed by atoms with van der Waals surface area (Å²) in [5, 5.41) is 6.61. The number of halogens is 2. The average Bonchev–Trinajstić information content (AvgIpc) is 3.27. The van der Waals surface area contributed by atoms with Gasteiger partial charge in [-0.25, -0.2) is 0 Å². The minimum Gasteiger partial charge on any atom is -0.352 e. The van der Waals surface area contributed by atoms with Gasteiger partial charge in [0, 0.05) is 38.3 Å². The summed E-state index contributed by atoms with van der Waals surface area (Å²) in [6.45, 7) is 7.04. The van der Waals surface area contributed by atoms with Crippen LogP contribution in [0.3, 0.4) is 0 Å². The van der Waals surface area contributed by atoms with E-state index in [4.69, 9.17) is 0 Å². The third-order valence-electron chi connectivity index (χ3n) is 4.76. The SMILES string of the molecule is Cl.Cl.O=C(CN1CCCNCC1)NC1CCN(C2CC2)CC1. The Labute approximate surface area is 146 Å². The lowest BCUT2D eigenvalue weighted by atomic mass is 10.0. The van der Waals surface area contributed by atoms with Crippen molar-refractivity contribution in [2.24, 2.45) is 0 Å². The van der Waals surface area contributed by atoms with E-state index in [1.165, 1.54) is 25.9 Å². The van der Waals surface area contributed by atoms with Gasteiger partial charge in [0.1, 0.15) is 0 Å². The zero-order valence-electron chi connectivity index (χ0n) is 13.3. The number of hydrogen-bond donors (Lipinski definition) is 2. The largest absolute Gasteiger partial charge is 0.352 e. The van der Waals surface area contributed by atoms with E-state index in [0.717, 1.165) is 51.5 Å². The lowest BCUT2D eigenvalue weighted by Gasteiger charge is -2.32. The molecule has 0 aromatic rings. The second-order valence-corrected chi connectivity index (χ2v) is 6.49. The highest BCUT2D eigenvalue weighted by molar-refractivity contribution is 5.85. The summed E-state index contributed by atoms with van der Waals surface area (Å²) in [7, 11) is 0. The molecule has 3 fully saturated rings. The number of nitrogens with one attached hydrogen (secondary N) is 2. The summed E-state index contributed by atoms with van der Waals surface area (Å²) < 4.78 is 0. The molecule has 3 rings (SSSR count). The number of likely N-dealkylation sites (tertiary alicyclic amines) is 1. The number of carbonyl (C=O) groups excluding carboxylic acids is 1. The van der Waals surface area contributed by atoms with Crippen molar-refractivity contribution >= 4 is 30.7 Å². The van der Waals surface area contributed by atoms with E-state index >= 15 is 0 Å². The Bertz CT molecular complexity index is 326. The van der Waals surface area contributed by atoms with Gasteiger partial charge in [0.2, 0.25) is 5.91 Å². The second-order valence-electron chi connectivity index (χ2n) is 6.49. The summed E-state index contributed by atoms with van der Waals surface area (Å²) in [4.78, 5) is 17.0. The first-order valence-electron chi connectivity index (χ1n) is 8.28. The standard InChI is InChI=1S/C15H28N4O.2ClH/c20-15(12-18-8-1-6-16-7-11-18)17-13-4-9-19(10-5-13)14-2-3-14;;/h13-14,16H,1-12H2,(H,17,20);2*1H. The molecule has 1 saturated carbocycles. The van der Waals surface area contributed by atoms with E-state index < -0.39 is 0 Å². The van der Waals surface area contributed by atoms with Gasteiger partial charge in [-0.3, -0.25) is 9.69 Å². The Morgan fingerprint density at radius 3 is 2.41 bits per heavy atom. The predicted molar refractivity (Wildman–Crippen MR) is 94.2 cm³/mol. The van der Waals surface area contributed by atoms with Crippen molar-refractivity contribution in [1.29, 1.82) is 0 Å². The van der Waals surface area contributed by atoms with E-state index in [-0.39, 0.29) is 30.7 Å². The first-order valence-corrected chi connectivity index (χ1v) is 8.28. The molecule has 2 saturated heterocycles. The molecule has 7 heteroatoms. The zero-order chi connectivity index (χ0) is 13.8. The first kappa shape index (κ1) is 20.0. The lowest BCUT2D eigenvalue weighted by Crippen LogP contribution is -2.48. The highest BCUT2D eigenvalue weighted by Gasteiger charge is 2.32. The maximum atomic E-state index is 12.1. The predicted octanol–water partition coefficient (Wildman–Crippen LogP) is 0.868. The van der Waals surface area contributed by atoms with E-state index in [1.807, 2.05) is 0 Å². The van der Waals surface area contributed by atoms with E-state index in [0.29, 0.717) is 12.6 Å². The number of rotatable bonds is 4. The van der Waals surface area contributed by atoms with Crippen molar-refractivity contribution in [3.05, 3.63) is 0 Å². The van der Waals surface area contributed by atoms with Crippen molar-refractivity contribution < 1.29 is 4.79 Å². The number of carbonyl (C=O) groups is 1. The molecular formula is C15H30Cl2N4O. The summed E-state index contributed by atoms with van der Waals surface area (Å²) >= 11 is 0. The van der Waals surface area contributed by atoms with Gasteiger partial charge in [-0.15, -0.1) is 24.8 Å². The molecule has 22 heavy (non-hydrogen) atoms. The first-order chi connectivity index (χ1) is 9.81. The maximum absolute atomic E-state index is 12.1. The van der Waals surface area contributed by atoms with Gasteiger partial charge >= 0.3 is 0 Å². The van der Waals surface area contributed by atoms with Gasteiger partial charge in [-0.05, 0) is 45.2 Å². The van der Waals surface area contributed by atoms with Crippen molar-refractivity contribution in [3.63, 3.8) is 0 Å². The highest BCUT2D eigenvalue weighted by atomic mass is 35.5. The molecule has 130 valence electrons. The maximum Gasteiger partial charge on any atom is 0.234 e. The van der Waals surface area contributed by atoms with Crippen LogP contribution in [0.1, 0.15) is 32.1 Å². The molecule has 0 unspecified atom stereocenters. The van der Waals surface area contributed by atoms with Crippen LogP contribution >= 0.6 is 24.8 Å². The summed E-state index contributed by atoms with van der Waals surface area (Å²) in [6, 6.07) is 1.28. The lowest BCUT2D eigenvalue weighted by molar-refractivity contribution is -0.123. The Balaban J connectivity index is 0.00000121. The normalized spacial score (nSPS) is 24.7. The van der Waals surface area contributed by atoms with Crippen molar-refractivity contribution in [2.45, 2.75) is 44.2 Å². The molecule has 2 aliphatic heterocycles. The number of amides is 1. The monoisotopic (exact) mass is 352 g/mol. The zero-order valence-corrected chi connectivity index (χ0v) is 14.9. The van der Waals surface area contributed by atoms with E-state index in [2.05, 4.69) is 20.4 Å². The number of piperidine rings is 1. The van der Waals surface area contributed by atoms with Gasteiger partial charge < -0.3 is 15.5 Å². The smallest absolute Gasteiger partial charge is 0.234 e. The van der Waals surface area contributed by atoms with Gasteiger partial charge in [-0.1, -0.05) is 0 Å². The van der Waals surface area contributed by atoms with Crippen molar-refractivity contribution in [3.8, 4) is 0 Å². The molecule has 0 aromatic carbocycles. The fraction of sp³-hybridized carbons (Fsp3) is 0.933. The minimum atomic E-state index is 0. The van der Waals surface area contributed by atoms with Crippen LogP contribution in [0.25, 0.3) is 0 Å². The van der Waals surface area contributed by atoms with Crippen LogP contribution in [0.4, 0.5) is 0 Å². The molecule has 1 amide bonds. The second kappa shape index (κ2) is 9.93. The fourth-order valence-corrected chi connectivity index (χ4v) is 3.38. The van der Waals surface area contributed by atoms with Crippen LogP contribution in [-0.2, 0) is 4.79 Å². The minimum absolute atomic E-state index is 0. The fourth-order valence-electron chi connectivity index (χ4n) is 3.38. The van der Waals surface area contributed by atoms with E-state index in [1.54, 1.807) is 0 Å². The summed E-state index contributed by atoms with van der Waals surface area (Å²) in [5.74, 6) is 0.219. The quantitative estimate of drug-likeness (QED) is 0.788. The molecule has 2 heterocycles. The summed E-state index contributed by atoms with van der Waals surface area (Å²) in [5.41, 5.74) is 0. The third kappa shape index (κ3) is 6.20. The molecule has 1 aliphatic carbocycles. The number of nitrogens with zero attached hydrogens (tertiary/aromatic N) is 2. The molecule has 3 aliphatic rings. The third-order valence-corrected chi connectivity index (χ3v) is 4.76. The van der Waals surface area contributed by atoms with Gasteiger partial charge in [-0.2, -0.15) is 0 Å². The van der Waals surface area contributed by atoms with Crippen LogP contribution < -0.4 is 10.6 Å². The Morgan fingerprint density at radius 2 is 1.73 bits per heavy atom. The van der Waals surface area contributed by atoms with Crippen molar-refractivity contribution in [1.82, 2.24) is 20.4 Å². The molecule has 0 bridgehead atoms. The summed E-state index contributed by atoms with van der Waals surface area (Å²) in [6.07, 6.45) is 6.18. The average molecular weight is 353 g/mol. The van der Waals surface area contributed by atoms with Crippen molar-refractivity contribution in [2.75, 3.05) is 45.8 Å². The van der Waals surface area contributed by atoms with Crippen LogP contribution in [0, 0.1) is 0 Å². The molecule has 0 radical (unpaired) electrons. The van der Waals surface area contributed by atoms with Gasteiger partial charge in [0.15, 0.2) is 0 Å². The van der Waals surface area contributed by atoms with Crippen LogP contribution in [0.5, 0.6) is 0 Å². The Kier molecular flexibility index (Phi) is 9.02. The topological polar surface area (TPSA) is 47.6 Å². The molecule has 0 atom stereocenters. The molecule has 0 spiro atoms. The van der Waals surface area contributed by atoms with Gasteiger partial charge in [0.05, 0.1) is 6.54 Å². The molecule has 5 nitrogen and oxygen atoms in total.